The first-order valence-electron chi connectivity index (χ1n) is 5.71. The monoisotopic (exact) mass is 244 g/mol. The molecule has 2 aromatic carbocycles. The second-order valence-corrected chi connectivity index (χ2v) is 5.01. The highest BCUT2D eigenvalue weighted by molar-refractivity contribution is 7.98. The topological polar surface area (TPSA) is 20.2 Å². The molecular weight excluding hydrogens is 228 g/mol. The number of aliphatic hydroxyl groups excluding tert-OH is 1. The minimum absolute atomic E-state index is 0.408. The molecule has 0 spiro atoms. The molecule has 1 N–H and O–H groups in total. The van der Waals surface area contributed by atoms with Crippen molar-refractivity contribution in [2.75, 3.05) is 0 Å². The summed E-state index contributed by atoms with van der Waals surface area (Å²) in [6.45, 7) is 1.81. The summed E-state index contributed by atoms with van der Waals surface area (Å²) in [5.74, 6) is 0.935. The smallest absolute Gasteiger partial charge is 0.0772 e. The van der Waals surface area contributed by atoms with Crippen molar-refractivity contribution in [3.05, 3.63) is 65.7 Å². The molecule has 0 aliphatic rings. The van der Waals surface area contributed by atoms with Crippen molar-refractivity contribution >= 4 is 11.8 Å². The van der Waals surface area contributed by atoms with Crippen LogP contribution in [-0.2, 0) is 5.75 Å². The summed E-state index contributed by atoms with van der Waals surface area (Å²) in [5, 5.41) is 9.69. The van der Waals surface area contributed by atoms with Crippen LogP contribution in [0.1, 0.15) is 24.2 Å². The van der Waals surface area contributed by atoms with Gasteiger partial charge >= 0.3 is 0 Å². The lowest BCUT2D eigenvalue weighted by molar-refractivity contribution is 0.196. The predicted octanol–water partition coefficient (Wildman–Crippen LogP) is 4.03. The van der Waals surface area contributed by atoms with Crippen LogP contribution in [0.25, 0.3) is 0 Å². The first-order valence-corrected chi connectivity index (χ1v) is 6.69. The Bertz CT molecular complexity index is 465. The third kappa shape index (κ3) is 3.35. The molecule has 0 fully saturated rings. The van der Waals surface area contributed by atoms with Crippen LogP contribution in [0.2, 0.25) is 0 Å². The van der Waals surface area contributed by atoms with Gasteiger partial charge in [-0.05, 0) is 24.1 Å². The molecule has 0 saturated carbocycles. The van der Waals surface area contributed by atoms with Gasteiger partial charge in [0.2, 0.25) is 0 Å². The molecule has 0 bridgehead atoms. The zero-order chi connectivity index (χ0) is 12.1. The number of aliphatic hydroxyl groups is 1. The van der Waals surface area contributed by atoms with Gasteiger partial charge in [-0.3, -0.25) is 0 Å². The van der Waals surface area contributed by atoms with Crippen molar-refractivity contribution < 1.29 is 5.11 Å². The largest absolute Gasteiger partial charge is 0.389 e. The SMILES string of the molecule is C[C@@H](O)c1ccccc1SCc1ccccc1. The highest BCUT2D eigenvalue weighted by Gasteiger charge is 2.07. The number of hydrogen-bond donors (Lipinski definition) is 1. The summed E-state index contributed by atoms with van der Waals surface area (Å²) in [6.07, 6.45) is -0.408. The summed E-state index contributed by atoms with van der Waals surface area (Å²) in [6, 6.07) is 18.4. The van der Waals surface area contributed by atoms with Gasteiger partial charge in [0.25, 0.3) is 0 Å². The Morgan fingerprint density at radius 2 is 1.65 bits per heavy atom. The molecule has 0 amide bonds. The first kappa shape index (κ1) is 12.2. The maximum Gasteiger partial charge on any atom is 0.0772 e. The Morgan fingerprint density at radius 3 is 2.35 bits per heavy atom. The lowest BCUT2D eigenvalue weighted by Crippen LogP contribution is -1.93. The quantitative estimate of drug-likeness (QED) is 0.819. The molecule has 2 rings (SSSR count). The average Bonchev–Trinajstić information content (AvgIpc) is 2.38. The van der Waals surface area contributed by atoms with Crippen molar-refractivity contribution in [3.8, 4) is 0 Å². The molecule has 1 atom stereocenters. The minimum Gasteiger partial charge on any atom is -0.389 e. The summed E-state index contributed by atoms with van der Waals surface area (Å²) in [5.41, 5.74) is 2.31. The van der Waals surface area contributed by atoms with Crippen LogP contribution in [0.3, 0.4) is 0 Å². The molecule has 2 aromatic rings. The Balaban J connectivity index is 2.09. The lowest BCUT2D eigenvalue weighted by Gasteiger charge is -2.11. The van der Waals surface area contributed by atoms with Crippen molar-refractivity contribution in [2.45, 2.75) is 23.7 Å². The van der Waals surface area contributed by atoms with E-state index in [-0.39, 0.29) is 0 Å². The Morgan fingerprint density at radius 1 is 1.00 bits per heavy atom. The second kappa shape index (κ2) is 5.89. The summed E-state index contributed by atoms with van der Waals surface area (Å²) >= 11 is 1.77. The Hall–Kier alpha value is -1.25. The summed E-state index contributed by atoms with van der Waals surface area (Å²) < 4.78 is 0. The van der Waals surface area contributed by atoms with Gasteiger partial charge in [-0.2, -0.15) is 0 Å². The van der Waals surface area contributed by atoms with Gasteiger partial charge in [-0.1, -0.05) is 48.5 Å². The molecule has 0 aliphatic carbocycles. The fraction of sp³-hybridized carbons (Fsp3) is 0.200. The summed E-state index contributed by atoms with van der Waals surface area (Å²) in [4.78, 5) is 1.16. The van der Waals surface area contributed by atoms with Gasteiger partial charge in [0.05, 0.1) is 6.10 Å². The second-order valence-electron chi connectivity index (χ2n) is 3.99. The molecule has 0 unspecified atom stereocenters. The fourth-order valence-electron chi connectivity index (χ4n) is 1.69. The van der Waals surface area contributed by atoms with Gasteiger partial charge in [0.15, 0.2) is 0 Å². The van der Waals surface area contributed by atoms with E-state index < -0.39 is 6.10 Å². The zero-order valence-corrected chi connectivity index (χ0v) is 10.7. The molecule has 1 nitrogen and oxygen atoms in total. The third-order valence-corrected chi connectivity index (χ3v) is 3.77. The lowest BCUT2D eigenvalue weighted by atomic mass is 10.1. The number of rotatable bonds is 4. The fourth-order valence-corrected chi connectivity index (χ4v) is 2.79. The standard InChI is InChI=1S/C15H16OS/c1-12(16)14-9-5-6-10-15(14)17-11-13-7-3-2-4-8-13/h2-10,12,16H,11H2,1H3/t12-/m1/s1. The predicted molar refractivity (Wildman–Crippen MR) is 73.1 cm³/mol. The van der Waals surface area contributed by atoms with Crippen molar-refractivity contribution in [1.29, 1.82) is 0 Å². The van der Waals surface area contributed by atoms with E-state index in [4.69, 9.17) is 0 Å². The molecule has 88 valence electrons. The third-order valence-electron chi connectivity index (χ3n) is 2.61. The zero-order valence-electron chi connectivity index (χ0n) is 9.84. The first-order chi connectivity index (χ1) is 8.27. The van der Waals surface area contributed by atoms with E-state index >= 15 is 0 Å². The molecule has 0 heterocycles. The van der Waals surface area contributed by atoms with Gasteiger partial charge in [0.1, 0.15) is 0 Å². The van der Waals surface area contributed by atoms with Crippen molar-refractivity contribution in [3.63, 3.8) is 0 Å². The van der Waals surface area contributed by atoms with E-state index in [0.717, 1.165) is 16.2 Å². The van der Waals surface area contributed by atoms with Gasteiger partial charge < -0.3 is 5.11 Å². The van der Waals surface area contributed by atoms with Crippen LogP contribution in [-0.4, -0.2) is 5.11 Å². The van der Waals surface area contributed by atoms with E-state index in [1.165, 1.54) is 5.56 Å². The Labute approximate surface area is 107 Å². The normalized spacial score (nSPS) is 12.4. The molecule has 0 saturated heterocycles. The van der Waals surface area contributed by atoms with Crippen molar-refractivity contribution in [2.24, 2.45) is 0 Å². The van der Waals surface area contributed by atoms with Crippen LogP contribution in [0.4, 0.5) is 0 Å². The molecule has 0 aliphatic heterocycles. The van der Waals surface area contributed by atoms with Crippen LogP contribution in [0.15, 0.2) is 59.5 Å². The molecule has 0 aromatic heterocycles. The van der Waals surface area contributed by atoms with Crippen molar-refractivity contribution in [1.82, 2.24) is 0 Å². The molecule has 0 radical (unpaired) electrons. The van der Waals surface area contributed by atoms with Gasteiger partial charge in [-0.15, -0.1) is 11.8 Å². The molecular formula is C15H16OS. The average molecular weight is 244 g/mol. The van der Waals surface area contributed by atoms with E-state index in [9.17, 15) is 5.11 Å². The van der Waals surface area contributed by atoms with E-state index in [0.29, 0.717) is 0 Å². The minimum atomic E-state index is -0.408. The van der Waals surface area contributed by atoms with E-state index in [1.807, 2.05) is 31.2 Å². The maximum atomic E-state index is 9.69. The van der Waals surface area contributed by atoms with Crippen LogP contribution >= 0.6 is 11.8 Å². The highest BCUT2D eigenvalue weighted by atomic mass is 32.2. The number of hydrogen-bond acceptors (Lipinski definition) is 2. The number of benzene rings is 2. The van der Waals surface area contributed by atoms with Crippen LogP contribution < -0.4 is 0 Å². The highest BCUT2D eigenvalue weighted by Crippen LogP contribution is 2.29. The van der Waals surface area contributed by atoms with E-state index in [2.05, 4.69) is 30.3 Å². The Kier molecular flexibility index (Phi) is 4.24. The van der Waals surface area contributed by atoms with Crippen LogP contribution in [0.5, 0.6) is 0 Å². The van der Waals surface area contributed by atoms with Crippen LogP contribution in [0, 0.1) is 0 Å². The van der Waals surface area contributed by atoms with E-state index in [1.54, 1.807) is 11.8 Å². The number of thioether (sulfide) groups is 1. The molecule has 2 heteroatoms. The van der Waals surface area contributed by atoms with Gasteiger partial charge in [-0.25, -0.2) is 0 Å². The molecule has 17 heavy (non-hydrogen) atoms. The summed E-state index contributed by atoms with van der Waals surface area (Å²) in [7, 11) is 0. The maximum absolute atomic E-state index is 9.69. The van der Waals surface area contributed by atoms with Gasteiger partial charge in [0, 0.05) is 10.6 Å².